The van der Waals surface area contributed by atoms with Gasteiger partial charge >= 0.3 is 0 Å². The minimum absolute atomic E-state index is 0.134. The summed E-state index contributed by atoms with van der Waals surface area (Å²) >= 11 is 0. The van der Waals surface area contributed by atoms with Crippen LogP contribution in [0.3, 0.4) is 0 Å². The number of amides is 1. The Morgan fingerprint density at radius 1 is 0.946 bits per heavy atom. The number of nitrogens with one attached hydrogen (secondary N) is 1. The predicted octanol–water partition coefficient (Wildman–Crippen LogP) is 5.57. The van der Waals surface area contributed by atoms with Crippen molar-refractivity contribution in [3.8, 4) is 5.75 Å². The van der Waals surface area contributed by atoms with Gasteiger partial charge in [-0.2, -0.15) is 4.31 Å². The van der Waals surface area contributed by atoms with E-state index in [4.69, 9.17) is 4.74 Å². The average molecular weight is 520 g/mol. The number of piperidine rings is 1. The number of rotatable bonds is 8. The van der Waals surface area contributed by atoms with Gasteiger partial charge < -0.3 is 14.6 Å². The Balaban J connectivity index is 1.33. The zero-order valence-corrected chi connectivity index (χ0v) is 22.2. The van der Waals surface area contributed by atoms with Gasteiger partial charge in [-0.05, 0) is 74.2 Å². The largest absolute Gasteiger partial charge is 0.496 e. The first-order valence-electron chi connectivity index (χ1n) is 12.9. The number of hydrogen-bond acceptors (Lipinski definition) is 4. The Bertz CT molecular complexity index is 1550. The summed E-state index contributed by atoms with van der Waals surface area (Å²) in [5.74, 6) is 0.448. The van der Waals surface area contributed by atoms with E-state index in [-0.39, 0.29) is 17.2 Å². The van der Waals surface area contributed by atoms with E-state index in [1.54, 1.807) is 29.6 Å². The molecule has 8 heteroatoms. The van der Waals surface area contributed by atoms with E-state index in [9.17, 15) is 13.2 Å². The molecule has 1 aromatic heterocycles. The third-order valence-electron chi connectivity index (χ3n) is 7.20. The molecule has 7 nitrogen and oxygen atoms in total. The molecule has 0 bridgehead atoms. The van der Waals surface area contributed by atoms with Crippen LogP contribution in [-0.4, -0.2) is 43.4 Å². The molecule has 0 unspecified atom stereocenters. The van der Waals surface area contributed by atoms with E-state index < -0.39 is 10.0 Å². The van der Waals surface area contributed by atoms with Crippen molar-refractivity contribution in [2.75, 3.05) is 25.5 Å². The molecule has 0 saturated carbocycles. The third kappa shape index (κ3) is 4.95. The summed E-state index contributed by atoms with van der Waals surface area (Å²) in [4.78, 5) is 13.1. The SMILES string of the molecule is CCn1c2ccccc2c2cc(NC(=O)CCc3cc(S(=O)(=O)N4CCCCC4)ccc3OC)ccc21. The number of carbonyl (C=O) groups is 1. The Kier molecular flexibility index (Phi) is 7.22. The van der Waals surface area contributed by atoms with Crippen LogP contribution in [0.25, 0.3) is 21.8 Å². The Hall–Kier alpha value is -3.36. The van der Waals surface area contributed by atoms with Crippen LogP contribution in [0.4, 0.5) is 5.69 Å². The zero-order valence-electron chi connectivity index (χ0n) is 21.4. The second-order valence-electron chi connectivity index (χ2n) is 9.48. The lowest BCUT2D eigenvalue weighted by atomic mass is 10.1. The monoisotopic (exact) mass is 519 g/mol. The van der Waals surface area contributed by atoms with Crippen molar-refractivity contribution in [3.63, 3.8) is 0 Å². The van der Waals surface area contributed by atoms with Gasteiger partial charge in [-0.15, -0.1) is 0 Å². The van der Waals surface area contributed by atoms with Gasteiger partial charge in [0.15, 0.2) is 0 Å². The number of sulfonamides is 1. The van der Waals surface area contributed by atoms with Crippen molar-refractivity contribution in [1.29, 1.82) is 0 Å². The molecule has 0 aliphatic carbocycles. The van der Waals surface area contributed by atoms with Crippen LogP contribution in [0.1, 0.15) is 38.2 Å². The van der Waals surface area contributed by atoms with E-state index in [2.05, 4.69) is 28.9 Å². The van der Waals surface area contributed by atoms with E-state index in [1.165, 1.54) is 5.52 Å². The molecule has 1 amide bonds. The van der Waals surface area contributed by atoms with Crippen LogP contribution in [0.5, 0.6) is 5.75 Å². The van der Waals surface area contributed by atoms with Crippen LogP contribution in [0.2, 0.25) is 0 Å². The number of nitrogens with zero attached hydrogens (tertiary/aromatic N) is 2. The molecule has 3 aromatic carbocycles. The molecule has 0 radical (unpaired) electrons. The van der Waals surface area contributed by atoms with Gasteiger partial charge in [0.2, 0.25) is 15.9 Å². The fourth-order valence-electron chi connectivity index (χ4n) is 5.31. The highest BCUT2D eigenvalue weighted by Crippen LogP contribution is 2.31. The fraction of sp³-hybridized carbons (Fsp3) is 0.345. The first-order valence-corrected chi connectivity index (χ1v) is 14.3. The van der Waals surface area contributed by atoms with Crippen molar-refractivity contribution in [3.05, 3.63) is 66.2 Å². The lowest BCUT2D eigenvalue weighted by molar-refractivity contribution is -0.116. The lowest BCUT2D eigenvalue weighted by Gasteiger charge is -2.26. The average Bonchev–Trinajstić information content (AvgIpc) is 3.25. The number of aromatic nitrogens is 1. The highest BCUT2D eigenvalue weighted by Gasteiger charge is 2.26. The van der Waals surface area contributed by atoms with Crippen molar-refractivity contribution < 1.29 is 17.9 Å². The molecule has 1 aliphatic rings. The summed E-state index contributed by atoms with van der Waals surface area (Å²) in [6.07, 6.45) is 3.40. The minimum Gasteiger partial charge on any atom is -0.496 e. The fourth-order valence-corrected chi connectivity index (χ4v) is 6.88. The first-order chi connectivity index (χ1) is 17.9. The first kappa shape index (κ1) is 25.3. The summed E-state index contributed by atoms with van der Waals surface area (Å²) in [6.45, 7) is 4.09. The molecule has 1 aliphatic heterocycles. The second kappa shape index (κ2) is 10.6. The van der Waals surface area contributed by atoms with E-state index in [0.717, 1.165) is 47.8 Å². The van der Waals surface area contributed by atoms with E-state index >= 15 is 0 Å². The highest BCUT2D eigenvalue weighted by molar-refractivity contribution is 7.89. The van der Waals surface area contributed by atoms with Crippen molar-refractivity contribution in [2.24, 2.45) is 0 Å². The van der Waals surface area contributed by atoms with Gasteiger partial charge in [0.05, 0.1) is 12.0 Å². The number of carbonyl (C=O) groups excluding carboxylic acids is 1. The predicted molar refractivity (Wildman–Crippen MR) is 148 cm³/mol. The highest BCUT2D eigenvalue weighted by atomic mass is 32.2. The molecule has 2 heterocycles. The van der Waals surface area contributed by atoms with Crippen molar-refractivity contribution in [1.82, 2.24) is 8.87 Å². The third-order valence-corrected chi connectivity index (χ3v) is 9.09. The number of anilines is 1. The Morgan fingerprint density at radius 3 is 2.46 bits per heavy atom. The number of hydrogen-bond donors (Lipinski definition) is 1. The van der Waals surface area contributed by atoms with Crippen molar-refractivity contribution in [2.45, 2.75) is 50.5 Å². The van der Waals surface area contributed by atoms with Gasteiger partial charge in [-0.25, -0.2) is 8.42 Å². The number of methoxy groups -OCH3 is 1. The number of aryl methyl sites for hydroxylation is 2. The zero-order chi connectivity index (χ0) is 26.0. The maximum absolute atomic E-state index is 13.1. The number of ether oxygens (including phenoxy) is 1. The molecule has 5 rings (SSSR count). The maximum Gasteiger partial charge on any atom is 0.243 e. The standard InChI is InChI=1S/C29H33N3O4S/c1-3-32-26-10-6-5-9-24(26)25-20-22(12-14-27(25)32)30-29(33)16-11-21-19-23(13-15-28(21)36-2)37(34,35)31-17-7-4-8-18-31/h5-6,9-10,12-15,19-20H,3-4,7-8,11,16-18H2,1-2H3,(H,30,33). The number of para-hydroxylation sites is 1. The van der Waals surface area contributed by atoms with Crippen LogP contribution >= 0.6 is 0 Å². The van der Waals surface area contributed by atoms with Crippen LogP contribution < -0.4 is 10.1 Å². The quantitative estimate of drug-likeness (QED) is 0.330. The summed E-state index contributed by atoms with van der Waals surface area (Å²) in [5.41, 5.74) is 3.76. The molecule has 4 aromatic rings. The molecule has 37 heavy (non-hydrogen) atoms. The topological polar surface area (TPSA) is 80.6 Å². The summed E-state index contributed by atoms with van der Waals surface area (Å²) in [6, 6.07) is 19.2. The van der Waals surface area contributed by atoms with Gasteiger partial charge in [0, 0.05) is 53.5 Å². The molecule has 194 valence electrons. The molecule has 1 N–H and O–H groups in total. The van der Waals surface area contributed by atoms with Gasteiger partial charge in [-0.1, -0.05) is 24.6 Å². The summed E-state index contributed by atoms with van der Waals surface area (Å²) in [7, 11) is -2.01. The van der Waals surface area contributed by atoms with E-state index in [1.807, 2.05) is 30.3 Å². The number of benzene rings is 3. The van der Waals surface area contributed by atoms with E-state index in [0.29, 0.717) is 30.8 Å². The Morgan fingerprint density at radius 2 is 1.70 bits per heavy atom. The second-order valence-corrected chi connectivity index (χ2v) is 11.4. The molecular formula is C29H33N3O4S. The van der Waals surface area contributed by atoms with Crippen LogP contribution in [0.15, 0.2) is 65.6 Å². The smallest absolute Gasteiger partial charge is 0.243 e. The molecule has 0 atom stereocenters. The molecule has 1 saturated heterocycles. The molecule has 1 fully saturated rings. The maximum atomic E-state index is 13.1. The summed E-state index contributed by atoms with van der Waals surface area (Å²) < 4.78 is 35.6. The van der Waals surface area contributed by atoms with Crippen LogP contribution in [-0.2, 0) is 27.8 Å². The normalized spacial score (nSPS) is 14.8. The van der Waals surface area contributed by atoms with Gasteiger partial charge in [-0.3, -0.25) is 4.79 Å². The van der Waals surface area contributed by atoms with Gasteiger partial charge in [0.1, 0.15) is 5.75 Å². The van der Waals surface area contributed by atoms with Gasteiger partial charge in [0.25, 0.3) is 0 Å². The van der Waals surface area contributed by atoms with Crippen molar-refractivity contribution >= 4 is 43.4 Å². The summed E-state index contributed by atoms with van der Waals surface area (Å²) in [5, 5.41) is 5.28. The molecule has 0 spiro atoms. The Labute approximate surface area is 218 Å². The lowest BCUT2D eigenvalue weighted by Crippen LogP contribution is -2.35. The molecular weight excluding hydrogens is 486 g/mol. The minimum atomic E-state index is -3.56. The number of fused-ring (bicyclic) bond motifs is 3. The van der Waals surface area contributed by atoms with Crippen LogP contribution in [0, 0.1) is 0 Å².